The lowest BCUT2D eigenvalue weighted by molar-refractivity contribution is 0.0938. The Balaban J connectivity index is 1.58. The van der Waals surface area contributed by atoms with Crippen LogP contribution in [0.2, 0.25) is 5.02 Å². The van der Waals surface area contributed by atoms with E-state index in [1.807, 2.05) is 38.1 Å². The van der Waals surface area contributed by atoms with E-state index in [4.69, 9.17) is 28.6 Å². The molecule has 0 bridgehead atoms. The molecular formula is C20H18ClN3O3S2. The van der Waals surface area contributed by atoms with Crippen LogP contribution in [0.5, 0.6) is 5.75 Å². The van der Waals surface area contributed by atoms with Crippen molar-refractivity contribution < 1.29 is 14.3 Å². The SMILES string of the molecule is CC(C)Oc1cccc(C(=O)NC(=S)NNC(=O)c2sc3ccccc3c2Cl)c1. The van der Waals surface area contributed by atoms with Gasteiger partial charge in [0.05, 0.1) is 11.1 Å². The predicted molar refractivity (Wildman–Crippen MR) is 120 cm³/mol. The molecule has 0 atom stereocenters. The number of amides is 2. The number of rotatable bonds is 4. The molecule has 0 spiro atoms. The molecule has 0 saturated carbocycles. The summed E-state index contributed by atoms with van der Waals surface area (Å²) < 4.78 is 6.48. The van der Waals surface area contributed by atoms with Crippen LogP contribution in [0.1, 0.15) is 33.9 Å². The van der Waals surface area contributed by atoms with Crippen molar-refractivity contribution >= 4 is 62.2 Å². The van der Waals surface area contributed by atoms with E-state index in [2.05, 4.69) is 16.2 Å². The molecule has 1 heterocycles. The van der Waals surface area contributed by atoms with Crippen LogP contribution in [0.25, 0.3) is 10.1 Å². The molecule has 6 nitrogen and oxygen atoms in total. The minimum atomic E-state index is -0.444. The van der Waals surface area contributed by atoms with Crippen LogP contribution in [0, 0.1) is 0 Å². The van der Waals surface area contributed by atoms with Crippen molar-refractivity contribution in [3.05, 3.63) is 64.0 Å². The monoisotopic (exact) mass is 447 g/mol. The van der Waals surface area contributed by atoms with E-state index >= 15 is 0 Å². The number of benzene rings is 2. The van der Waals surface area contributed by atoms with Gasteiger partial charge in [-0.25, -0.2) is 0 Å². The molecule has 0 saturated heterocycles. The summed E-state index contributed by atoms with van der Waals surface area (Å²) in [6.07, 6.45) is -0.00742. The number of carbonyl (C=O) groups excluding carboxylic acids is 2. The number of thiocarbonyl (C=S) groups is 1. The van der Waals surface area contributed by atoms with Gasteiger partial charge in [-0.2, -0.15) is 0 Å². The summed E-state index contributed by atoms with van der Waals surface area (Å²) in [4.78, 5) is 25.1. The van der Waals surface area contributed by atoms with Gasteiger partial charge in [0.15, 0.2) is 5.11 Å². The van der Waals surface area contributed by atoms with Gasteiger partial charge >= 0.3 is 0 Å². The molecule has 0 unspecified atom stereocenters. The smallest absolute Gasteiger partial charge is 0.281 e. The molecule has 1 aromatic heterocycles. The third-order valence-electron chi connectivity index (χ3n) is 3.73. The summed E-state index contributed by atoms with van der Waals surface area (Å²) in [7, 11) is 0. The number of halogens is 1. The highest BCUT2D eigenvalue weighted by Crippen LogP contribution is 2.34. The number of carbonyl (C=O) groups is 2. The highest BCUT2D eigenvalue weighted by molar-refractivity contribution is 7.80. The van der Waals surface area contributed by atoms with Crippen LogP contribution in [0.15, 0.2) is 48.5 Å². The largest absolute Gasteiger partial charge is 0.491 e. The minimum Gasteiger partial charge on any atom is -0.491 e. The Morgan fingerprint density at radius 3 is 2.55 bits per heavy atom. The summed E-state index contributed by atoms with van der Waals surface area (Å²) in [5, 5.41) is 3.65. The molecule has 0 aliphatic heterocycles. The molecule has 0 aliphatic rings. The molecule has 3 aromatic rings. The van der Waals surface area contributed by atoms with E-state index in [1.165, 1.54) is 11.3 Å². The molecule has 0 radical (unpaired) electrons. The lowest BCUT2D eigenvalue weighted by Crippen LogP contribution is -2.48. The summed E-state index contributed by atoms with van der Waals surface area (Å²) in [5.41, 5.74) is 5.35. The standard InChI is InChI=1S/C20H18ClN3O3S2/c1-11(2)27-13-7-5-6-12(10-13)18(25)22-20(28)24-23-19(26)17-16(21)14-8-3-4-9-15(14)29-17/h3-11H,1-2H3,(H,23,26)(H2,22,24,25,28). The van der Waals surface area contributed by atoms with Gasteiger partial charge in [-0.15, -0.1) is 11.3 Å². The fourth-order valence-electron chi connectivity index (χ4n) is 2.52. The van der Waals surface area contributed by atoms with E-state index in [0.29, 0.717) is 21.2 Å². The zero-order valence-corrected chi connectivity index (χ0v) is 18.0. The first-order valence-corrected chi connectivity index (χ1v) is 10.3. The van der Waals surface area contributed by atoms with Crippen molar-refractivity contribution in [3.8, 4) is 5.75 Å². The van der Waals surface area contributed by atoms with Crippen LogP contribution in [-0.2, 0) is 0 Å². The van der Waals surface area contributed by atoms with Crippen LogP contribution in [0.4, 0.5) is 0 Å². The Bertz CT molecular complexity index is 1080. The lowest BCUT2D eigenvalue weighted by Gasteiger charge is -2.12. The van der Waals surface area contributed by atoms with Gasteiger partial charge in [-0.05, 0) is 50.3 Å². The first-order chi connectivity index (χ1) is 13.8. The van der Waals surface area contributed by atoms with Crippen LogP contribution < -0.4 is 20.9 Å². The number of hydrogen-bond donors (Lipinski definition) is 3. The quantitative estimate of drug-likeness (QED) is 0.410. The minimum absolute atomic E-state index is 0.00742. The molecule has 0 aliphatic carbocycles. The molecule has 29 heavy (non-hydrogen) atoms. The lowest BCUT2D eigenvalue weighted by atomic mass is 10.2. The number of hydrazine groups is 1. The average molecular weight is 448 g/mol. The van der Waals surface area contributed by atoms with E-state index in [-0.39, 0.29) is 11.2 Å². The highest BCUT2D eigenvalue weighted by atomic mass is 35.5. The van der Waals surface area contributed by atoms with Crippen molar-refractivity contribution in [2.45, 2.75) is 20.0 Å². The number of ether oxygens (including phenoxy) is 1. The first-order valence-electron chi connectivity index (χ1n) is 8.70. The zero-order valence-electron chi connectivity index (χ0n) is 15.6. The Morgan fingerprint density at radius 2 is 1.83 bits per heavy atom. The van der Waals surface area contributed by atoms with Gasteiger partial charge in [-0.3, -0.25) is 25.8 Å². The van der Waals surface area contributed by atoms with Gasteiger partial charge in [0, 0.05) is 15.6 Å². The Kier molecular flexibility index (Phi) is 6.68. The fourth-order valence-corrected chi connectivity index (χ4v) is 4.08. The maximum absolute atomic E-state index is 12.4. The highest BCUT2D eigenvalue weighted by Gasteiger charge is 2.17. The number of hydrogen-bond acceptors (Lipinski definition) is 5. The second-order valence-electron chi connectivity index (χ2n) is 6.30. The summed E-state index contributed by atoms with van der Waals surface area (Å²) >= 11 is 12.6. The molecule has 9 heteroatoms. The number of thiophene rings is 1. The van der Waals surface area contributed by atoms with Gasteiger partial charge < -0.3 is 4.74 Å². The number of fused-ring (bicyclic) bond motifs is 1. The topological polar surface area (TPSA) is 79.5 Å². The summed E-state index contributed by atoms with van der Waals surface area (Å²) in [6.45, 7) is 3.80. The van der Waals surface area contributed by atoms with Gasteiger partial charge in [0.1, 0.15) is 10.6 Å². The van der Waals surface area contributed by atoms with Crippen LogP contribution in [0.3, 0.4) is 0 Å². The average Bonchev–Trinajstić information content (AvgIpc) is 3.03. The van der Waals surface area contributed by atoms with Gasteiger partial charge in [0.25, 0.3) is 11.8 Å². The maximum atomic E-state index is 12.4. The first kappa shape index (κ1) is 21.0. The molecule has 150 valence electrons. The summed E-state index contributed by atoms with van der Waals surface area (Å²) in [5.74, 6) is -0.287. The normalized spacial score (nSPS) is 10.6. The van der Waals surface area contributed by atoms with Crippen molar-refractivity contribution in [2.24, 2.45) is 0 Å². The van der Waals surface area contributed by atoms with E-state index in [9.17, 15) is 9.59 Å². The van der Waals surface area contributed by atoms with E-state index in [0.717, 1.165) is 10.1 Å². The van der Waals surface area contributed by atoms with Crippen LogP contribution in [-0.4, -0.2) is 23.0 Å². The van der Waals surface area contributed by atoms with Crippen molar-refractivity contribution in [1.29, 1.82) is 0 Å². The third-order valence-corrected chi connectivity index (χ3v) is 5.60. The Morgan fingerprint density at radius 1 is 1.07 bits per heavy atom. The molecule has 2 amide bonds. The van der Waals surface area contributed by atoms with E-state index < -0.39 is 11.8 Å². The fraction of sp³-hybridized carbons (Fsp3) is 0.150. The van der Waals surface area contributed by atoms with Gasteiger partial charge in [0.2, 0.25) is 0 Å². The Hall–Kier alpha value is -2.68. The zero-order chi connectivity index (χ0) is 21.0. The van der Waals surface area contributed by atoms with Gasteiger partial charge in [-0.1, -0.05) is 35.9 Å². The third kappa shape index (κ3) is 5.23. The molecule has 2 aromatic carbocycles. The summed E-state index contributed by atoms with van der Waals surface area (Å²) in [6, 6.07) is 14.2. The molecule has 0 fully saturated rings. The predicted octanol–water partition coefficient (Wildman–Crippen LogP) is 4.29. The maximum Gasteiger partial charge on any atom is 0.281 e. The van der Waals surface area contributed by atoms with E-state index in [1.54, 1.807) is 24.3 Å². The van der Waals surface area contributed by atoms with Crippen molar-refractivity contribution in [1.82, 2.24) is 16.2 Å². The number of nitrogens with one attached hydrogen (secondary N) is 3. The molecular weight excluding hydrogens is 430 g/mol. The van der Waals surface area contributed by atoms with Crippen LogP contribution >= 0.6 is 35.2 Å². The Labute approximate surface area is 182 Å². The second kappa shape index (κ2) is 9.21. The second-order valence-corrected chi connectivity index (χ2v) is 8.14. The van der Waals surface area contributed by atoms with Crippen molar-refractivity contribution in [2.75, 3.05) is 0 Å². The molecule has 3 rings (SSSR count). The molecule has 3 N–H and O–H groups in total. The van der Waals surface area contributed by atoms with Crippen molar-refractivity contribution in [3.63, 3.8) is 0 Å².